The summed E-state index contributed by atoms with van der Waals surface area (Å²) in [6.45, 7) is 6.17. The SMILES string of the molecule is COC1OC(COS(=O)(=O)O)C(OC2OC(C(=O)O)C(C)C(C)C2C)C(C)C1NS(=O)(=O)O. The Morgan fingerprint density at radius 1 is 0.939 bits per heavy atom. The van der Waals surface area contributed by atoms with Crippen molar-refractivity contribution in [3.63, 3.8) is 0 Å². The van der Waals surface area contributed by atoms with Gasteiger partial charge in [0.05, 0.1) is 18.8 Å². The van der Waals surface area contributed by atoms with Crippen molar-refractivity contribution in [3.8, 4) is 0 Å². The molecule has 0 spiro atoms. The monoisotopic (exact) mass is 521 g/mol. The number of methoxy groups -OCH3 is 1. The summed E-state index contributed by atoms with van der Waals surface area (Å²) in [4.78, 5) is 11.6. The predicted octanol–water partition coefficient (Wildman–Crippen LogP) is -0.323. The number of rotatable bonds is 9. The van der Waals surface area contributed by atoms with Crippen molar-refractivity contribution in [1.29, 1.82) is 0 Å². The van der Waals surface area contributed by atoms with Gasteiger partial charge in [-0.1, -0.05) is 27.7 Å². The van der Waals surface area contributed by atoms with Crippen LogP contribution in [0.5, 0.6) is 0 Å². The number of carboxylic acids is 1. The van der Waals surface area contributed by atoms with Crippen molar-refractivity contribution < 1.29 is 59.0 Å². The number of carbonyl (C=O) groups is 1. The molecule has 0 aromatic carbocycles. The lowest BCUT2D eigenvalue weighted by molar-refractivity contribution is -0.314. The van der Waals surface area contributed by atoms with Crippen LogP contribution in [0.1, 0.15) is 27.7 Å². The van der Waals surface area contributed by atoms with Crippen molar-refractivity contribution in [2.24, 2.45) is 23.7 Å². The fourth-order valence-electron chi connectivity index (χ4n) is 4.15. The molecular formula is C17H31NO13S2. The Hall–Kier alpha value is -0.950. The largest absolute Gasteiger partial charge is 0.479 e. The number of ether oxygens (including phenoxy) is 4. The fourth-order valence-corrected chi connectivity index (χ4v) is 5.13. The van der Waals surface area contributed by atoms with Gasteiger partial charge in [0.15, 0.2) is 18.7 Å². The van der Waals surface area contributed by atoms with Crippen molar-refractivity contribution in [2.45, 2.75) is 64.6 Å². The molecule has 2 rings (SSSR count). The number of aliphatic carboxylic acids is 1. The molecule has 10 atom stereocenters. The third-order valence-electron chi connectivity index (χ3n) is 6.33. The fraction of sp³-hybridized carbons (Fsp3) is 0.941. The van der Waals surface area contributed by atoms with E-state index in [1.807, 2.05) is 11.6 Å². The van der Waals surface area contributed by atoms with Crippen LogP contribution in [0, 0.1) is 23.7 Å². The lowest BCUT2D eigenvalue weighted by Gasteiger charge is -2.48. The van der Waals surface area contributed by atoms with Gasteiger partial charge in [-0.05, 0) is 11.8 Å². The summed E-state index contributed by atoms with van der Waals surface area (Å²) in [7, 11) is -8.35. The molecule has 2 fully saturated rings. The summed E-state index contributed by atoms with van der Waals surface area (Å²) in [5.41, 5.74) is 0. The van der Waals surface area contributed by atoms with Crippen molar-refractivity contribution in [1.82, 2.24) is 4.72 Å². The third kappa shape index (κ3) is 7.27. The van der Waals surface area contributed by atoms with E-state index in [9.17, 15) is 31.3 Å². The third-order valence-corrected chi connectivity index (χ3v) is 7.34. The van der Waals surface area contributed by atoms with E-state index < -0.39 is 76.1 Å². The van der Waals surface area contributed by atoms with Gasteiger partial charge in [-0.3, -0.25) is 9.11 Å². The second-order valence-electron chi connectivity index (χ2n) is 8.41. The van der Waals surface area contributed by atoms with Gasteiger partial charge in [0, 0.05) is 18.9 Å². The highest BCUT2D eigenvalue weighted by Crippen LogP contribution is 2.38. The van der Waals surface area contributed by atoms with Crippen LogP contribution in [0.2, 0.25) is 0 Å². The van der Waals surface area contributed by atoms with Gasteiger partial charge in [-0.2, -0.15) is 21.6 Å². The van der Waals surface area contributed by atoms with Gasteiger partial charge in [0.1, 0.15) is 6.10 Å². The minimum atomic E-state index is -4.85. The lowest BCUT2D eigenvalue weighted by atomic mass is 9.78. The summed E-state index contributed by atoms with van der Waals surface area (Å²) in [5.74, 6) is -2.79. The number of carboxylic acid groups (broad SMARTS) is 1. The van der Waals surface area contributed by atoms with Gasteiger partial charge >= 0.3 is 26.7 Å². The molecule has 16 heteroatoms. The van der Waals surface area contributed by atoms with Crippen LogP contribution in [0.4, 0.5) is 0 Å². The maximum atomic E-state index is 11.6. The van der Waals surface area contributed by atoms with Gasteiger partial charge < -0.3 is 24.1 Å². The molecule has 14 nitrogen and oxygen atoms in total. The van der Waals surface area contributed by atoms with Crippen molar-refractivity contribution in [3.05, 3.63) is 0 Å². The van der Waals surface area contributed by atoms with Crippen molar-refractivity contribution >= 4 is 26.7 Å². The topological polar surface area (TPSA) is 204 Å². The smallest absolute Gasteiger partial charge is 0.397 e. The van der Waals surface area contributed by atoms with E-state index in [4.69, 9.17) is 23.5 Å². The zero-order chi connectivity index (χ0) is 25.3. The number of hydrogen-bond acceptors (Lipinski definition) is 10. The first kappa shape index (κ1) is 28.3. The van der Waals surface area contributed by atoms with E-state index in [1.165, 1.54) is 14.0 Å². The average molecular weight is 522 g/mol. The maximum absolute atomic E-state index is 11.6. The van der Waals surface area contributed by atoms with Gasteiger partial charge in [0.25, 0.3) is 0 Å². The first-order valence-electron chi connectivity index (χ1n) is 10.1. The molecule has 2 aliphatic heterocycles. The Morgan fingerprint density at radius 3 is 2.03 bits per heavy atom. The van der Waals surface area contributed by atoms with Crippen LogP contribution >= 0.6 is 0 Å². The minimum absolute atomic E-state index is 0.143. The zero-order valence-electron chi connectivity index (χ0n) is 18.7. The molecule has 2 heterocycles. The van der Waals surface area contributed by atoms with Gasteiger partial charge in [0.2, 0.25) is 0 Å². The molecule has 10 unspecified atom stereocenters. The molecule has 194 valence electrons. The normalized spacial score (nSPS) is 40.5. The van der Waals surface area contributed by atoms with E-state index in [-0.39, 0.29) is 17.8 Å². The van der Waals surface area contributed by atoms with Gasteiger partial charge in [-0.25, -0.2) is 8.98 Å². The number of hydrogen-bond donors (Lipinski definition) is 4. The van der Waals surface area contributed by atoms with Crippen molar-refractivity contribution in [2.75, 3.05) is 13.7 Å². The first-order valence-corrected chi connectivity index (χ1v) is 12.9. The summed E-state index contributed by atoms with van der Waals surface area (Å²) in [6, 6.07) is -1.18. The Balaban J connectivity index is 2.36. The molecule has 33 heavy (non-hydrogen) atoms. The molecule has 0 bridgehead atoms. The molecule has 4 N–H and O–H groups in total. The second-order valence-corrected chi connectivity index (χ2v) is 10.7. The molecule has 2 saturated heterocycles. The van der Waals surface area contributed by atoms with E-state index in [2.05, 4.69) is 4.18 Å². The van der Waals surface area contributed by atoms with Crippen LogP contribution < -0.4 is 4.72 Å². The van der Waals surface area contributed by atoms with E-state index >= 15 is 0 Å². The van der Waals surface area contributed by atoms with Crippen LogP contribution in [-0.4, -0.2) is 87.7 Å². The quantitative estimate of drug-likeness (QED) is 0.287. The molecular weight excluding hydrogens is 490 g/mol. The predicted molar refractivity (Wildman–Crippen MR) is 109 cm³/mol. The summed E-state index contributed by atoms with van der Waals surface area (Å²) in [6.07, 6.45) is -5.87. The van der Waals surface area contributed by atoms with Gasteiger partial charge in [-0.15, -0.1) is 0 Å². The highest BCUT2D eigenvalue weighted by molar-refractivity contribution is 7.83. The molecule has 0 aromatic heterocycles. The molecule has 0 aliphatic carbocycles. The highest BCUT2D eigenvalue weighted by Gasteiger charge is 2.50. The Bertz CT molecular complexity index is 893. The standard InChI is InChI=1S/C17H31NO13S2/c1-7-8(2)14(15(19)20)31-16(9(7)3)30-13-10(4)12(18-32(21,22)23)17(27-5)29-11(13)6-28-33(24,25)26/h7-14,16-18H,6H2,1-5H3,(H,19,20)(H,21,22,23)(H,24,25,26). The minimum Gasteiger partial charge on any atom is -0.479 e. The Morgan fingerprint density at radius 2 is 1.55 bits per heavy atom. The van der Waals surface area contributed by atoms with Crippen LogP contribution in [-0.2, 0) is 48.6 Å². The summed E-state index contributed by atoms with van der Waals surface area (Å²) < 4.78 is 92.2. The molecule has 0 amide bonds. The average Bonchev–Trinajstić information content (AvgIpc) is 2.68. The summed E-state index contributed by atoms with van der Waals surface area (Å²) >= 11 is 0. The Labute approximate surface area is 192 Å². The number of nitrogens with one attached hydrogen (secondary N) is 1. The molecule has 0 aromatic rings. The first-order chi connectivity index (χ1) is 15.1. The van der Waals surface area contributed by atoms with Crippen LogP contribution in [0.15, 0.2) is 0 Å². The Kier molecular flexibility index (Phi) is 9.22. The van der Waals surface area contributed by atoms with Crippen LogP contribution in [0.25, 0.3) is 0 Å². The second kappa shape index (κ2) is 10.8. The highest BCUT2D eigenvalue weighted by atomic mass is 32.3. The summed E-state index contributed by atoms with van der Waals surface area (Å²) in [5, 5.41) is 9.51. The molecule has 0 radical (unpaired) electrons. The molecule has 2 aliphatic rings. The van der Waals surface area contributed by atoms with E-state index in [0.29, 0.717) is 0 Å². The van der Waals surface area contributed by atoms with Crippen LogP contribution in [0.3, 0.4) is 0 Å². The lowest BCUT2D eigenvalue weighted by Crippen LogP contribution is -2.63. The molecule has 0 saturated carbocycles. The van der Waals surface area contributed by atoms with E-state index in [0.717, 1.165) is 0 Å². The zero-order valence-corrected chi connectivity index (χ0v) is 20.4. The maximum Gasteiger partial charge on any atom is 0.397 e. The van der Waals surface area contributed by atoms with E-state index in [1.54, 1.807) is 13.8 Å².